The van der Waals surface area contributed by atoms with E-state index in [9.17, 15) is 0 Å². The summed E-state index contributed by atoms with van der Waals surface area (Å²) < 4.78 is 1.69. The highest BCUT2D eigenvalue weighted by Gasteiger charge is 2.09. The van der Waals surface area contributed by atoms with Gasteiger partial charge in [0.05, 0.1) is 25.4 Å². The third kappa shape index (κ3) is 3.94. The molecule has 1 N–H and O–H groups in total. The van der Waals surface area contributed by atoms with Crippen molar-refractivity contribution in [2.24, 2.45) is 0 Å². The molecule has 0 aliphatic heterocycles. The number of hydrogen-bond donors (Lipinski definition) is 1. The molecular formula is C16H16ClN3O. The Hall–Kier alpha value is -2.09. The van der Waals surface area contributed by atoms with Crippen molar-refractivity contribution in [3.63, 3.8) is 0 Å². The van der Waals surface area contributed by atoms with E-state index in [1.54, 1.807) is 10.9 Å². The van der Waals surface area contributed by atoms with Gasteiger partial charge < -0.3 is 5.11 Å². The third-order valence-electron chi connectivity index (χ3n) is 3.20. The highest BCUT2D eigenvalue weighted by Crippen LogP contribution is 2.28. The number of aryl methyl sites for hydroxylation is 1. The van der Waals surface area contributed by atoms with Crippen LogP contribution >= 0.6 is 11.6 Å². The number of halogens is 1. The normalized spacial score (nSPS) is 10.3. The summed E-state index contributed by atoms with van der Waals surface area (Å²) in [6, 6.07) is 7.76. The molecule has 2 rings (SSSR count). The number of rotatable bonds is 6. The van der Waals surface area contributed by atoms with Crippen molar-refractivity contribution in [1.82, 2.24) is 9.78 Å². The molecule has 0 amide bonds. The van der Waals surface area contributed by atoms with E-state index in [1.807, 2.05) is 24.4 Å². The van der Waals surface area contributed by atoms with Crippen LogP contribution in [0.25, 0.3) is 11.1 Å². The van der Waals surface area contributed by atoms with Crippen LogP contribution in [0.15, 0.2) is 42.7 Å². The Kier molecular flexibility index (Phi) is 5.15. The molecular weight excluding hydrogens is 286 g/mol. The second-order valence-electron chi connectivity index (χ2n) is 4.73. The first kappa shape index (κ1) is 15.3. The Morgan fingerprint density at radius 3 is 3.00 bits per heavy atom. The molecule has 1 aromatic heterocycles. The molecule has 2 aromatic rings. The molecule has 0 radical (unpaired) electrons. The van der Waals surface area contributed by atoms with Crippen molar-refractivity contribution in [3.05, 3.63) is 53.3 Å². The summed E-state index contributed by atoms with van der Waals surface area (Å²) in [5.41, 5.74) is 3.60. The van der Waals surface area contributed by atoms with Crippen molar-refractivity contribution in [2.45, 2.75) is 19.4 Å². The average molecular weight is 302 g/mol. The molecule has 0 atom stereocenters. The molecule has 0 unspecified atom stereocenters. The molecule has 0 fully saturated rings. The zero-order chi connectivity index (χ0) is 15.2. The fourth-order valence-electron chi connectivity index (χ4n) is 2.10. The number of aliphatic hydroxyl groups excluding tert-OH is 1. The number of benzene rings is 1. The quantitative estimate of drug-likeness (QED) is 0.833. The Morgan fingerprint density at radius 2 is 2.29 bits per heavy atom. The summed E-state index contributed by atoms with van der Waals surface area (Å²) in [6.45, 7) is 4.21. The number of allylic oxidation sites excluding steroid dienone is 1. The van der Waals surface area contributed by atoms with E-state index in [0.29, 0.717) is 23.6 Å². The van der Waals surface area contributed by atoms with E-state index in [0.717, 1.165) is 23.1 Å². The zero-order valence-corrected chi connectivity index (χ0v) is 12.3. The van der Waals surface area contributed by atoms with Gasteiger partial charge in [-0.25, -0.2) is 0 Å². The molecule has 5 heteroatoms. The molecule has 4 nitrogen and oxygen atoms in total. The molecule has 0 aliphatic rings. The monoisotopic (exact) mass is 301 g/mol. The smallest absolute Gasteiger partial charge is 0.0940 e. The van der Waals surface area contributed by atoms with Gasteiger partial charge in [0.1, 0.15) is 0 Å². The molecule has 1 aromatic carbocycles. The maximum absolute atomic E-state index is 8.95. The van der Waals surface area contributed by atoms with Gasteiger partial charge in [0, 0.05) is 22.4 Å². The SMILES string of the molecule is C=C(C#N)CCc1ccc(Cl)cc1-c1cnn(CCO)c1. The van der Waals surface area contributed by atoms with Crippen LogP contribution in [0.3, 0.4) is 0 Å². The van der Waals surface area contributed by atoms with E-state index < -0.39 is 0 Å². The maximum Gasteiger partial charge on any atom is 0.0940 e. The first-order valence-corrected chi connectivity index (χ1v) is 7.02. The second kappa shape index (κ2) is 7.07. The Balaban J connectivity index is 2.29. The van der Waals surface area contributed by atoms with Gasteiger partial charge in [-0.05, 0) is 36.1 Å². The van der Waals surface area contributed by atoms with E-state index in [2.05, 4.69) is 17.7 Å². The van der Waals surface area contributed by atoms with Gasteiger partial charge in [0.15, 0.2) is 0 Å². The van der Waals surface area contributed by atoms with Crippen LogP contribution in [-0.2, 0) is 13.0 Å². The number of nitrogens with zero attached hydrogens (tertiary/aromatic N) is 3. The van der Waals surface area contributed by atoms with Crippen LogP contribution in [0.4, 0.5) is 0 Å². The second-order valence-corrected chi connectivity index (χ2v) is 5.17. The number of hydrogen-bond acceptors (Lipinski definition) is 3. The lowest BCUT2D eigenvalue weighted by atomic mass is 9.97. The minimum Gasteiger partial charge on any atom is -0.394 e. The summed E-state index contributed by atoms with van der Waals surface area (Å²) in [7, 11) is 0. The van der Waals surface area contributed by atoms with E-state index in [1.165, 1.54) is 0 Å². The van der Waals surface area contributed by atoms with Crippen molar-refractivity contribution in [2.75, 3.05) is 6.61 Å². The van der Waals surface area contributed by atoms with Gasteiger partial charge in [-0.15, -0.1) is 0 Å². The molecule has 0 saturated heterocycles. The van der Waals surface area contributed by atoms with E-state index in [-0.39, 0.29) is 6.61 Å². The minimum absolute atomic E-state index is 0.0471. The molecule has 0 bridgehead atoms. The van der Waals surface area contributed by atoms with E-state index >= 15 is 0 Å². The summed E-state index contributed by atoms with van der Waals surface area (Å²) >= 11 is 6.09. The van der Waals surface area contributed by atoms with Crippen molar-refractivity contribution >= 4 is 11.6 Å². The van der Waals surface area contributed by atoms with Crippen molar-refractivity contribution in [1.29, 1.82) is 5.26 Å². The van der Waals surface area contributed by atoms with Crippen molar-refractivity contribution in [3.8, 4) is 17.2 Å². The lowest BCUT2D eigenvalue weighted by molar-refractivity contribution is 0.269. The third-order valence-corrected chi connectivity index (χ3v) is 3.43. The standard InChI is InChI=1S/C16H16ClN3O/c1-12(9-18)2-3-13-4-5-15(17)8-16(13)14-10-19-20(11-14)6-7-21/h4-5,8,10-11,21H,1-3,6-7H2. The molecule has 1 heterocycles. The average Bonchev–Trinajstić information content (AvgIpc) is 2.94. The van der Waals surface area contributed by atoms with Gasteiger partial charge in [0.25, 0.3) is 0 Å². The molecule has 21 heavy (non-hydrogen) atoms. The van der Waals surface area contributed by atoms with E-state index in [4.69, 9.17) is 22.0 Å². The Morgan fingerprint density at radius 1 is 1.48 bits per heavy atom. The highest BCUT2D eigenvalue weighted by molar-refractivity contribution is 6.30. The predicted molar refractivity (Wildman–Crippen MR) is 82.8 cm³/mol. The van der Waals surface area contributed by atoms with Crippen molar-refractivity contribution < 1.29 is 5.11 Å². The van der Waals surface area contributed by atoms with Crippen LogP contribution in [0.2, 0.25) is 5.02 Å². The van der Waals surface area contributed by atoms with Gasteiger partial charge in [-0.2, -0.15) is 10.4 Å². The predicted octanol–water partition coefficient (Wildman–Crippen LogP) is 3.21. The van der Waals surface area contributed by atoms with Gasteiger partial charge >= 0.3 is 0 Å². The summed E-state index contributed by atoms with van der Waals surface area (Å²) in [5.74, 6) is 0. The largest absolute Gasteiger partial charge is 0.394 e. The molecule has 0 spiro atoms. The Labute approximate surface area is 128 Å². The number of aliphatic hydroxyl groups is 1. The Bertz CT molecular complexity index is 685. The van der Waals surface area contributed by atoms with Crippen LogP contribution in [-0.4, -0.2) is 21.5 Å². The summed E-state index contributed by atoms with van der Waals surface area (Å²) in [5, 5.41) is 22.6. The first-order valence-electron chi connectivity index (χ1n) is 6.64. The molecule has 108 valence electrons. The van der Waals surface area contributed by atoms with Crippen LogP contribution in [0.5, 0.6) is 0 Å². The van der Waals surface area contributed by atoms with Crippen LogP contribution in [0.1, 0.15) is 12.0 Å². The fourth-order valence-corrected chi connectivity index (χ4v) is 2.28. The van der Waals surface area contributed by atoms with Gasteiger partial charge in [0.2, 0.25) is 0 Å². The lowest BCUT2D eigenvalue weighted by Crippen LogP contribution is -2.01. The number of nitriles is 1. The van der Waals surface area contributed by atoms with Crippen LogP contribution < -0.4 is 0 Å². The lowest BCUT2D eigenvalue weighted by Gasteiger charge is -2.08. The summed E-state index contributed by atoms with van der Waals surface area (Å²) in [4.78, 5) is 0. The first-order chi connectivity index (χ1) is 10.1. The minimum atomic E-state index is 0.0471. The topological polar surface area (TPSA) is 61.8 Å². The van der Waals surface area contributed by atoms with Gasteiger partial charge in [-0.1, -0.05) is 24.2 Å². The molecule has 0 aliphatic carbocycles. The maximum atomic E-state index is 8.95. The molecule has 0 saturated carbocycles. The van der Waals surface area contributed by atoms with Gasteiger partial charge in [-0.3, -0.25) is 4.68 Å². The fraction of sp³-hybridized carbons (Fsp3) is 0.250. The van der Waals surface area contributed by atoms with Crippen LogP contribution in [0, 0.1) is 11.3 Å². The zero-order valence-electron chi connectivity index (χ0n) is 11.6. The summed E-state index contributed by atoms with van der Waals surface area (Å²) in [6.07, 6.45) is 4.98. The number of aromatic nitrogens is 2. The highest BCUT2D eigenvalue weighted by atomic mass is 35.5.